The highest BCUT2D eigenvalue weighted by Gasteiger charge is 2.35. The smallest absolute Gasteiger partial charge is 0.410 e. The van der Waals surface area contributed by atoms with Crippen LogP contribution in [0.2, 0.25) is 0 Å². The molecule has 1 aromatic carbocycles. The number of likely N-dealkylation sites (tertiary alicyclic amines) is 1. The molecule has 1 fully saturated rings. The highest BCUT2D eigenvalue weighted by atomic mass is 16.6. The number of benzene rings is 1. The molecule has 1 aliphatic heterocycles. The van der Waals surface area contributed by atoms with Crippen LogP contribution in [0.5, 0.6) is 0 Å². The Kier molecular flexibility index (Phi) is 4.13. The third-order valence-corrected chi connectivity index (χ3v) is 4.79. The van der Waals surface area contributed by atoms with Gasteiger partial charge in [-0.1, -0.05) is 24.3 Å². The van der Waals surface area contributed by atoms with Gasteiger partial charge in [0.05, 0.1) is 5.69 Å². The first kappa shape index (κ1) is 17.5. The molecule has 0 radical (unpaired) electrons. The van der Waals surface area contributed by atoms with Gasteiger partial charge < -0.3 is 14.6 Å². The van der Waals surface area contributed by atoms with Crippen molar-refractivity contribution in [3.63, 3.8) is 0 Å². The number of rotatable bonds is 2. The summed E-state index contributed by atoms with van der Waals surface area (Å²) in [5.41, 5.74) is 4.53. The molecular formula is C21H24N4O2. The number of ether oxygens (including phenoxy) is 1. The van der Waals surface area contributed by atoms with Gasteiger partial charge in [0.1, 0.15) is 5.60 Å². The molecule has 0 spiro atoms. The Bertz CT molecular complexity index is 997. The molecule has 27 heavy (non-hydrogen) atoms. The summed E-state index contributed by atoms with van der Waals surface area (Å²) < 4.78 is 5.42. The quantitative estimate of drug-likeness (QED) is 0.737. The summed E-state index contributed by atoms with van der Waals surface area (Å²) in [6, 6.07) is 12.3. The SMILES string of the molecule is Cc1ccccc1-c1cc2cc(C3CN(C(=O)OC(C)(C)C)C3)[nH]c2nn1. The predicted molar refractivity (Wildman–Crippen MR) is 105 cm³/mol. The zero-order chi connectivity index (χ0) is 19.2. The molecular weight excluding hydrogens is 340 g/mol. The number of hydrogen-bond donors (Lipinski definition) is 1. The number of hydrogen-bond acceptors (Lipinski definition) is 4. The first-order chi connectivity index (χ1) is 12.8. The number of nitrogens with one attached hydrogen (secondary N) is 1. The van der Waals surface area contributed by atoms with Crippen LogP contribution in [0.4, 0.5) is 4.79 Å². The van der Waals surface area contributed by atoms with Crippen molar-refractivity contribution >= 4 is 17.1 Å². The first-order valence-electron chi connectivity index (χ1n) is 9.20. The lowest BCUT2D eigenvalue weighted by Gasteiger charge is -2.39. The van der Waals surface area contributed by atoms with Crippen molar-refractivity contribution < 1.29 is 9.53 Å². The van der Waals surface area contributed by atoms with Crippen molar-refractivity contribution in [2.75, 3.05) is 13.1 Å². The predicted octanol–water partition coefficient (Wildman–Crippen LogP) is 4.27. The Hall–Kier alpha value is -2.89. The van der Waals surface area contributed by atoms with Crippen LogP contribution in [0.25, 0.3) is 22.3 Å². The maximum Gasteiger partial charge on any atom is 0.410 e. The molecule has 2 aromatic heterocycles. The fourth-order valence-corrected chi connectivity index (χ4v) is 3.32. The molecule has 0 atom stereocenters. The second kappa shape index (κ2) is 6.37. The fraction of sp³-hybridized carbons (Fsp3) is 0.381. The first-order valence-corrected chi connectivity index (χ1v) is 9.20. The maximum absolute atomic E-state index is 12.1. The average Bonchev–Trinajstić information content (AvgIpc) is 2.94. The Balaban J connectivity index is 1.51. The number of carbonyl (C=O) groups excluding carboxylic acids is 1. The van der Waals surface area contributed by atoms with Crippen molar-refractivity contribution in [1.82, 2.24) is 20.1 Å². The zero-order valence-electron chi connectivity index (χ0n) is 16.1. The largest absolute Gasteiger partial charge is 0.444 e. The number of aromatic amines is 1. The van der Waals surface area contributed by atoms with E-state index in [0.29, 0.717) is 13.1 Å². The standard InChI is InChI=1S/C21H24N4O2/c1-13-7-5-6-8-16(13)18-10-14-9-17(22-19(14)24-23-18)15-11-25(12-15)20(26)27-21(2,3)4/h5-10,15H,11-12H2,1-4H3,(H,22,24). The van der Waals surface area contributed by atoms with E-state index in [4.69, 9.17) is 4.74 Å². The van der Waals surface area contributed by atoms with E-state index in [-0.39, 0.29) is 12.0 Å². The number of aromatic nitrogens is 3. The third kappa shape index (κ3) is 3.52. The van der Waals surface area contributed by atoms with Gasteiger partial charge in [-0.05, 0) is 45.4 Å². The average molecular weight is 364 g/mol. The summed E-state index contributed by atoms with van der Waals surface area (Å²) in [5, 5.41) is 9.76. The summed E-state index contributed by atoms with van der Waals surface area (Å²) in [5.74, 6) is 0.272. The normalized spacial score (nSPS) is 15.0. The molecule has 4 rings (SSSR count). The zero-order valence-corrected chi connectivity index (χ0v) is 16.1. The van der Waals surface area contributed by atoms with E-state index in [1.165, 1.54) is 5.56 Å². The second-order valence-electron chi connectivity index (χ2n) is 8.16. The third-order valence-electron chi connectivity index (χ3n) is 4.79. The van der Waals surface area contributed by atoms with Gasteiger partial charge in [0.2, 0.25) is 0 Å². The van der Waals surface area contributed by atoms with Crippen LogP contribution in [0, 0.1) is 6.92 Å². The highest BCUT2D eigenvalue weighted by Crippen LogP contribution is 2.31. The van der Waals surface area contributed by atoms with Crippen molar-refractivity contribution in [1.29, 1.82) is 0 Å². The summed E-state index contributed by atoms with van der Waals surface area (Å²) in [7, 11) is 0. The fourth-order valence-electron chi connectivity index (χ4n) is 3.32. The molecule has 0 unspecified atom stereocenters. The number of H-pyrrole nitrogens is 1. The van der Waals surface area contributed by atoms with Gasteiger partial charge in [0.25, 0.3) is 0 Å². The number of fused-ring (bicyclic) bond motifs is 1. The van der Waals surface area contributed by atoms with E-state index >= 15 is 0 Å². The van der Waals surface area contributed by atoms with E-state index in [2.05, 4.69) is 46.4 Å². The van der Waals surface area contributed by atoms with Gasteiger partial charge >= 0.3 is 6.09 Å². The highest BCUT2D eigenvalue weighted by molar-refractivity contribution is 5.81. The molecule has 6 nitrogen and oxygen atoms in total. The van der Waals surface area contributed by atoms with Crippen molar-refractivity contribution in [3.8, 4) is 11.3 Å². The van der Waals surface area contributed by atoms with Crippen LogP contribution >= 0.6 is 0 Å². The van der Waals surface area contributed by atoms with Crippen LogP contribution in [0.3, 0.4) is 0 Å². The minimum atomic E-state index is -0.467. The Morgan fingerprint density at radius 2 is 1.93 bits per heavy atom. The van der Waals surface area contributed by atoms with Gasteiger partial charge in [-0.15, -0.1) is 10.2 Å². The minimum absolute atomic E-state index is 0.253. The van der Waals surface area contributed by atoms with Gasteiger partial charge in [-0.3, -0.25) is 0 Å². The Morgan fingerprint density at radius 3 is 2.63 bits per heavy atom. The second-order valence-corrected chi connectivity index (χ2v) is 8.16. The molecule has 3 heterocycles. The van der Waals surface area contributed by atoms with Crippen LogP contribution < -0.4 is 0 Å². The van der Waals surface area contributed by atoms with E-state index in [1.54, 1.807) is 4.90 Å². The lowest BCUT2D eigenvalue weighted by atomic mass is 9.97. The van der Waals surface area contributed by atoms with E-state index in [0.717, 1.165) is 28.0 Å². The lowest BCUT2D eigenvalue weighted by molar-refractivity contribution is 0.00793. The molecule has 140 valence electrons. The van der Waals surface area contributed by atoms with Crippen molar-refractivity contribution in [2.45, 2.75) is 39.2 Å². The molecule has 6 heteroatoms. The van der Waals surface area contributed by atoms with Crippen LogP contribution in [-0.4, -0.2) is 44.9 Å². The van der Waals surface area contributed by atoms with E-state index in [1.807, 2.05) is 32.9 Å². The summed E-state index contributed by atoms with van der Waals surface area (Å²) in [4.78, 5) is 17.2. The minimum Gasteiger partial charge on any atom is -0.444 e. The lowest BCUT2D eigenvalue weighted by Crippen LogP contribution is -2.50. The maximum atomic E-state index is 12.1. The molecule has 1 amide bonds. The van der Waals surface area contributed by atoms with Crippen LogP contribution in [0.15, 0.2) is 36.4 Å². The summed E-state index contributed by atoms with van der Waals surface area (Å²) in [6.07, 6.45) is -0.253. The van der Waals surface area contributed by atoms with E-state index in [9.17, 15) is 4.79 Å². The van der Waals surface area contributed by atoms with Gasteiger partial charge in [0.15, 0.2) is 5.65 Å². The van der Waals surface area contributed by atoms with Gasteiger partial charge in [-0.2, -0.15) is 0 Å². The Morgan fingerprint density at radius 1 is 1.19 bits per heavy atom. The molecule has 1 aliphatic rings. The molecule has 1 N–H and O–H groups in total. The van der Waals surface area contributed by atoms with Crippen LogP contribution in [0.1, 0.15) is 37.9 Å². The number of aryl methyl sites for hydroxylation is 1. The van der Waals surface area contributed by atoms with E-state index < -0.39 is 5.60 Å². The number of amides is 1. The van der Waals surface area contributed by atoms with Crippen molar-refractivity contribution in [3.05, 3.63) is 47.7 Å². The summed E-state index contributed by atoms with van der Waals surface area (Å²) in [6.45, 7) is 9.02. The summed E-state index contributed by atoms with van der Waals surface area (Å²) >= 11 is 0. The molecule has 0 saturated carbocycles. The molecule has 3 aromatic rings. The molecule has 0 aliphatic carbocycles. The topological polar surface area (TPSA) is 71.1 Å². The van der Waals surface area contributed by atoms with Crippen molar-refractivity contribution in [2.24, 2.45) is 0 Å². The molecule has 1 saturated heterocycles. The number of carbonyl (C=O) groups is 1. The monoisotopic (exact) mass is 364 g/mol. The Labute approximate surface area is 158 Å². The van der Waals surface area contributed by atoms with Gasteiger partial charge in [-0.25, -0.2) is 4.79 Å². The van der Waals surface area contributed by atoms with Crippen LogP contribution in [-0.2, 0) is 4.74 Å². The van der Waals surface area contributed by atoms with Gasteiger partial charge in [0, 0.05) is 35.7 Å². The number of nitrogens with zero attached hydrogens (tertiary/aromatic N) is 3. The molecule has 0 bridgehead atoms.